The van der Waals surface area contributed by atoms with Crippen molar-refractivity contribution >= 4 is 0 Å². The first-order chi connectivity index (χ1) is 16.1. The van der Waals surface area contributed by atoms with E-state index >= 15 is 0 Å². The zero-order valence-electron chi connectivity index (χ0n) is 21.8. The number of aliphatic hydroxyl groups is 1. The van der Waals surface area contributed by atoms with Crippen LogP contribution in [0.25, 0.3) is 0 Å². The van der Waals surface area contributed by atoms with Crippen LogP contribution in [0.5, 0.6) is 0 Å². The molecule has 0 bridgehead atoms. The Labute approximate surface area is 206 Å². The molecular formula is C30H49F3O. The van der Waals surface area contributed by atoms with Gasteiger partial charge in [0.05, 0.1) is 0 Å². The van der Waals surface area contributed by atoms with Gasteiger partial charge in [0, 0.05) is 0 Å². The zero-order chi connectivity index (χ0) is 24.2. The second-order valence-electron chi connectivity index (χ2n) is 14.0. The molecule has 0 saturated heterocycles. The number of hydrogen-bond acceptors (Lipinski definition) is 1. The van der Waals surface area contributed by atoms with Gasteiger partial charge in [0.15, 0.2) is 5.60 Å². The van der Waals surface area contributed by atoms with Gasteiger partial charge < -0.3 is 5.11 Å². The molecule has 0 aromatic rings. The molecule has 5 aliphatic carbocycles. The van der Waals surface area contributed by atoms with Gasteiger partial charge in [-0.1, -0.05) is 65.2 Å². The van der Waals surface area contributed by atoms with Crippen LogP contribution in [0.3, 0.4) is 0 Å². The first-order valence-corrected chi connectivity index (χ1v) is 14.9. The highest BCUT2D eigenvalue weighted by Crippen LogP contribution is 2.69. The van der Waals surface area contributed by atoms with E-state index in [-0.39, 0.29) is 24.2 Å². The Hall–Kier alpha value is -0.250. The Morgan fingerprint density at radius 3 is 2.18 bits per heavy atom. The van der Waals surface area contributed by atoms with Crippen molar-refractivity contribution < 1.29 is 18.3 Å². The molecule has 34 heavy (non-hydrogen) atoms. The van der Waals surface area contributed by atoms with Crippen LogP contribution in [0.4, 0.5) is 13.2 Å². The molecule has 5 saturated carbocycles. The van der Waals surface area contributed by atoms with Crippen LogP contribution in [0, 0.1) is 46.3 Å². The summed E-state index contributed by atoms with van der Waals surface area (Å²) in [6.07, 6.45) is 16.0. The van der Waals surface area contributed by atoms with E-state index in [0.717, 1.165) is 30.6 Å². The second-order valence-corrected chi connectivity index (χ2v) is 14.0. The number of hydrogen-bond donors (Lipinski definition) is 1. The molecule has 196 valence electrons. The monoisotopic (exact) mass is 482 g/mol. The minimum absolute atomic E-state index is 0.0141. The van der Waals surface area contributed by atoms with Crippen LogP contribution in [0.2, 0.25) is 0 Å². The SMILES string of the molecule is CC12CCC(O)(C(F)(F)F)CC1CC[C@@H]1C2CCC2(C)C1CC[C@@H]2CCCCC1CCCCC1. The number of unbranched alkanes of at least 4 members (excludes halogenated alkanes) is 1. The van der Waals surface area contributed by atoms with Gasteiger partial charge in [-0.3, -0.25) is 0 Å². The van der Waals surface area contributed by atoms with E-state index in [1.165, 1.54) is 83.5 Å². The lowest BCUT2D eigenvalue weighted by atomic mass is 9.43. The Balaban J connectivity index is 1.20. The predicted molar refractivity (Wildman–Crippen MR) is 131 cm³/mol. The summed E-state index contributed by atoms with van der Waals surface area (Å²) in [6, 6.07) is 0. The fourth-order valence-electron chi connectivity index (χ4n) is 10.4. The molecule has 6 unspecified atom stereocenters. The maximum atomic E-state index is 13.6. The molecule has 1 nitrogen and oxygen atoms in total. The van der Waals surface area contributed by atoms with E-state index in [9.17, 15) is 18.3 Å². The number of alkyl halides is 3. The van der Waals surface area contributed by atoms with Crippen molar-refractivity contribution in [3.05, 3.63) is 0 Å². The lowest BCUT2D eigenvalue weighted by Gasteiger charge is -2.62. The van der Waals surface area contributed by atoms with Crippen LogP contribution in [-0.2, 0) is 0 Å². The van der Waals surface area contributed by atoms with Gasteiger partial charge in [-0.15, -0.1) is 0 Å². The third-order valence-electron chi connectivity index (χ3n) is 12.6. The van der Waals surface area contributed by atoms with Crippen molar-refractivity contribution in [1.29, 1.82) is 0 Å². The van der Waals surface area contributed by atoms with Crippen molar-refractivity contribution in [2.45, 2.75) is 141 Å². The van der Waals surface area contributed by atoms with Crippen molar-refractivity contribution in [3.8, 4) is 0 Å². The molecule has 0 spiro atoms. The van der Waals surface area contributed by atoms with Crippen molar-refractivity contribution in [2.24, 2.45) is 46.3 Å². The molecule has 8 atom stereocenters. The Bertz CT molecular complexity index is 714. The molecule has 0 amide bonds. The summed E-state index contributed by atoms with van der Waals surface area (Å²) in [5.41, 5.74) is -2.01. The van der Waals surface area contributed by atoms with Gasteiger partial charge in [-0.2, -0.15) is 13.2 Å². The summed E-state index contributed by atoms with van der Waals surface area (Å²) in [7, 11) is 0. The highest BCUT2D eigenvalue weighted by molar-refractivity contribution is 5.11. The summed E-state index contributed by atoms with van der Waals surface area (Å²) >= 11 is 0. The van der Waals surface area contributed by atoms with Gasteiger partial charge in [0.25, 0.3) is 0 Å². The van der Waals surface area contributed by atoms with E-state index in [1.807, 2.05) is 0 Å². The molecular weight excluding hydrogens is 433 g/mol. The summed E-state index contributed by atoms with van der Waals surface area (Å²) in [6.45, 7) is 4.88. The predicted octanol–water partition coefficient (Wildman–Crippen LogP) is 9.08. The molecule has 5 rings (SSSR count). The Morgan fingerprint density at radius 2 is 1.44 bits per heavy atom. The minimum Gasteiger partial charge on any atom is -0.380 e. The molecule has 0 aliphatic heterocycles. The smallest absolute Gasteiger partial charge is 0.380 e. The van der Waals surface area contributed by atoms with Gasteiger partial charge in [-0.25, -0.2) is 0 Å². The third kappa shape index (κ3) is 4.28. The van der Waals surface area contributed by atoms with Crippen LogP contribution in [0.15, 0.2) is 0 Å². The Morgan fingerprint density at radius 1 is 0.735 bits per heavy atom. The number of rotatable bonds is 5. The van der Waals surface area contributed by atoms with Gasteiger partial charge in [0.1, 0.15) is 0 Å². The van der Waals surface area contributed by atoms with E-state index in [4.69, 9.17) is 0 Å². The normalized spacial score (nSPS) is 47.6. The molecule has 0 heterocycles. The van der Waals surface area contributed by atoms with Gasteiger partial charge in [-0.05, 0) is 111 Å². The summed E-state index contributed by atoms with van der Waals surface area (Å²) < 4.78 is 40.8. The van der Waals surface area contributed by atoms with Gasteiger partial charge in [0.2, 0.25) is 0 Å². The molecule has 1 N–H and O–H groups in total. The fourth-order valence-corrected chi connectivity index (χ4v) is 10.4. The van der Waals surface area contributed by atoms with Gasteiger partial charge >= 0.3 is 6.18 Å². The van der Waals surface area contributed by atoms with Crippen molar-refractivity contribution in [2.75, 3.05) is 0 Å². The van der Waals surface area contributed by atoms with Crippen LogP contribution >= 0.6 is 0 Å². The summed E-state index contributed by atoms with van der Waals surface area (Å²) in [5, 5.41) is 10.4. The molecule has 5 aliphatic rings. The third-order valence-corrected chi connectivity index (χ3v) is 12.6. The number of fused-ring (bicyclic) bond motifs is 5. The first kappa shape index (κ1) is 25.4. The summed E-state index contributed by atoms with van der Waals surface area (Å²) in [4.78, 5) is 0. The maximum Gasteiger partial charge on any atom is 0.417 e. The van der Waals surface area contributed by atoms with E-state index in [2.05, 4.69) is 13.8 Å². The van der Waals surface area contributed by atoms with Crippen LogP contribution < -0.4 is 0 Å². The Kier molecular flexibility index (Phi) is 6.91. The first-order valence-electron chi connectivity index (χ1n) is 14.9. The molecule has 5 fully saturated rings. The van der Waals surface area contributed by atoms with E-state index in [0.29, 0.717) is 23.7 Å². The standard InChI is InChI=1S/C30H49F3O/c1-27-17-16-26-24(14-12-23-20-29(34,30(31,32)33)19-18-28(23,26)2)25(27)15-13-22(27)11-7-6-10-21-8-4-3-5-9-21/h21-26,34H,3-20H2,1-2H3/t22-,23?,24-,25?,26?,27?,28?,29?/m0/s1. The average Bonchev–Trinajstić information content (AvgIpc) is 3.13. The van der Waals surface area contributed by atoms with E-state index in [1.54, 1.807) is 0 Å². The highest BCUT2D eigenvalue weighted by Gasteiger charge is 2.64. The van der Waals surface area contributed by atoms with Crippen molar-refractivity contribution in [3.63, 3.8) is 0 Å². The highest BCUT2D eigenvalue weighted by atomic mass is 19.4. The molecule has 0 aromatic carbocycles. The molecule has 0 aromatic heterocycles. The minimum atomic E-state index is -4.49. The van der Waals surface area contributed by atoms with Crippen LogP contribution in [0.1, 0.15) is 129 Å². The quantitative estimate of drug-likeness (QED) is 0.387. The molecule has 4 heteroatoms. The maximum absolute atomic E-state index is 13.6. The fraction of sp³-hybridized carbons (Fsp3) is 1.00. The van der Waals surface area contributed by atoms with E-state index < -0.39 is 11.8 Å². The second kappa shape index (κ2) is 9.25. The lowest BCUT2D eigenvalue weighted by molar-refractivity contribution is -0.290. The van der Waals surface area contributed by atoms with Crippen LogP contribution in [-0.4, -0.2) is 16.9 Å². The summed E-state index contributed by atoms with van der Waals surface area (Å²) in [5.74, 6) is 3.91. The topological polar surface area (TPSA) is 20.2 Å². The van der Waals surface area contributed by atoms with Crippen molar-refractivity contribution in [1.82, 2.24) is 0 Å². The largest absolute Gasteiger partial charge is 0.417 e. The average molecular weight is 483 g/mol. The zero-order valence-corrected chi connectivity index (χ0v) is 21.8. The number of halogens is 3. The lowest BCUT2D eigenvalue weighted by Crippen LogP contribution is -2.59. The molecule has 0 radical (unpaired) electrons.